The zero-order chi connectivity index (χ0) is 23.4. The van der Waals surface area contributed by atoms with E-state index in [1.165, 1.54) is 30.1 Å². The van der Waals surface area contributed by atoms with Gasteiger partial charge in [-0.05, 0) is 35.4 Å². The highest BCUT2D eigenvalue weighted by molar-refractivity contribution is 6.46. The molecule has 170 valence electrons. The highest BCUT2D eigenvalue weighted by Gasteiger charge is 2.44. The molecule has 1 heterocycles. The number of methoxy groups -OCH3 is 2. The van der Waals surface area contributed by atoms with Crippen LogP contribution in [0.2, 0.25) is 5.02 Å². The Bertz CT molecular complexity index is 1050. The number of hydrogen-bond acceptors (Lipinski definition) is 5. The van der Waals surface area contributed by atoms with Crippen molar-refractivity contribution in [3.63, 3.8) is 0 Å². The molecule has 1 unspecified atom stereocenters. The fourth-order valence-corrected chi connectivity index (χ4v) is 4.06. The van der Waals surface area contributed by atoms with E-state index in [0.29, 0.717) is 35.1 Å². The topological polar surface area (TPSA) is 83.3 Å². The number of hydrogen-bond donors (Lipinski definition) is 1. The van der Waals surface area contributed by atoms with Crippen molar-refractivity contribution in [1.29, 1.82) is 0 Å². The number of carbonyl (C=O) groups excluding carboxylic acids is 2. The van der Waals surface area contributed by atoms with Gasteiger partial charge in [0.15, 0.2) is 11.5 Å². The van der Waals surface area contributed by atoms with Gasteiger partial charge in [-0.1, -0.05) is 35.6 Å². The summed E-state index contributed by atoms with van der Waals surface area (Å²) in [5.74, 6) is -1.16. The van der Waals surface area contributed by atoms with Crippen LogP contribution in [0.3, 0.4) is 0 Å². The van der Waals surface area contributed by atoms with E-state index in [1.807, 2.05) is 14.1 Å². The number of carbonyl (C=O) groups is 2. The van der Waals surface area contributed by atoms with Gasteiger partial charge >= 0.3 is 0 Å². The summed E-state index contributed by atoms with van der Waals surface area (Å²) in [6.07, 6.45) is 0.691. The van der Waals surface area contributed by atoms with Gasteiger partial charge < -0.3 is 24.4 Å². The van der Waals surface area contributed by atoms with Gasteiger partial charge in [-0.2, -0.15) is 0 Å². The van der Waals surface area contributed by atoms with Crippen molar-refractivity contribution >= 4 is 29.1 Å². The van der Waals surface area contributed by atoms with Crippen LogP contribution in [0.1, 0.15) is 23.6 Å². The van der Waals surface area contributed by atoms with E-state index in [9.17, 15) is 14.7 Å². The second-order valence-electron chi connectivity index (χ2n) is 7.91. The number of ether oxygens (including phenoxy) is 2. The number of likely N-dealkylation sites (tertiary alicyclic amines) is 1. The molecule has 3 rings (SSSR count). The molecule has 1 fully saturated rings. The maximum absolute atomic E-state index is 13.5. The summed E-state index contributed by atoms with van der Waals surface area (Å²) in [6, 6.07) is 10.8. The van der Waals surface area contributed by atoms with Crippen molar-refractivity contribution in [2.24, 2.45) is 0 Å². The van der Waals surface area contributed by atoms with Crippen molar-refractivity contribution in [2.75, 3.05) is 41.4 Å². The first-order valence-electron chi connectivity index (χ1n) is 10.3. The fourth-order valence-electron chi connectivity index (χ4n) is 3.86. The van der Waals surface area contributed by atoms with Crippen molar-refractivity contribution in [2.45, 2.75) is 12.5 Å². The Balaban J connectivity index is 2.12. The predicted molar refractivity (Wildman–Crippen MR) is 120 cm³/mol. The monoisotopic (exact) mass is 458 g/mol. The number of ketones is 1. The van der Waals surface area contributed by atoms with E-state index < -0.39 is 23.5 Å². The Morgan fingerprint density at radius 3 is 2.44 bits per heavy atom. The van der Waals surface area contributed by atoms with Crippen LogP contribution in [-0.2, 0) is 9.59 Å². The maximum Gasteiger partial charge on any atom is 0.295 e. The summed E-state index contributed by atoms with van der Waals surface area (Å²) < 4.78 is 10.5. The lowest BCUT2D eigenvalue weighted by atomic mass is 9.95. The SMILES string of the molecule is COc1ccc(C([O-])=C2C(=O)C(=O)N(CCC[NH+](C)C)C2c2cccc(Cl)c2)cc1OC. The van der Waals surface area contributed by atoms with E-state index in [-0.39, 0.29) is 11.1 Å². The third-order valence-corrected chi connectivity index (χ3v) is 5.65. The number of rotatable bonds is 8. The number of nitrogens with zero attached hydrogens (tertiary/aromatic N) is 1. The van der Waals surface area contributed by atoms with Gasteiger partial charge in [0.05, 0.1) is 40.9 Å². The van der Waals surface area contributed by atoms with E-state index in [1.54, 1.807) is 36.4 Å². The van der Waals surface area contributed by atoms with Gasteiger partial charge in [0.25, 0.3) is 5.91 Å². The molecular formula is C24H27ClN2O5. The third kappa shape index (κ3) is 4.74. The largest absolute Gasteiger partial charge is 0.872 e. The second-order valence-corrected chi connectivity index (χ2v) is 8.34. The summed E-state index contributed by atoms with van der Waals surface area (Å²) >= 11 is 6.19. The normalized spacial score (nSPS) is 17.8. The van der Waals surface area contributed by atoms with E-state index in [0.717, 1.165) is 6.54 Å². The minimum absolute atomic E-state index is 0.0818. The zero-order valence-corrected chi connectivity index (χ0v) is 19.4. The molecule has 0 aromatic heterocycles. The molecule has 1 amide bonds. The molecule has 1 aliphatic rings. The quantitative estimate of drug-likeness (QED) is 0.364. The Labute approximate surface area is 192 Å². The number of halogens is 1. The van der Waals surface area contributed by atoms with E-state index >= 15 is 0 Å². The van der Waals surface area contributed by atoms with E-state index in [4.69, 9.17) is 21.1 Å². The van der Waals surface area contributed by atoms with Gasteiger partial charge in [-0.25, -0.2) is 0 Å². The number of nitrogens with one attached hydrogen (secondary N) is 1. The van der Waals surface area contributed by atoms with Gasteiger partial charge in [-0.15, -0.1) is 0 Å². The molecule has 1 atom stereocenters. The van der Waals surface area contributed by atoms with Crippen LogP contribution >= 0.6 is 11.6 Å². The first-order valence-corrected chi connectivity index (χ1v) is 10.7. The predicted octanol–water partition coefficient (Wildman–Crippen LogP) is 1.12. The van der Waals surface area contributed by atoms with Crippen LogP contribution in [0.4, 0.5) is 0 Å². The molecule has 2 aromatic carbocycles. The Hall–Kier alpha value is -3.03. The zero-order valence-electron chi connectivity index (χ0n) is 18.6. The minimum Gasteiger partial charge on any atom is -0.872 e. The van der Waals surface area contributed by atoms with Gasteiger partial charge in [0, 0.05) is 23.6 Å². The lowest BCUT2D eigenvalue weighted by Gasteiger charge is -2.28. The highest BCUT2D eigenvalue weighted by atomic mass is 35.5. The third-order valence-electron chi connectivity index (χ3n) is 5.42. The van der Waals surface area contributed by atoms with Crippen molar-refractivity contribution < 1.29 is 29.1 Å². The Morgan fingerprint density at radius 2 is 1.81 bits per heavy atom. The minimum atomic E-state index is -0.800. The smallest absolute Gasteiger partial charge is 0.295 e. The number of Topliss-reactive ketones (excluding diaryl/α,β-unsaturated/α-hetero) is 1. The highest BCUT2D eigenvalue weighted by Crippen LogP contribution is 2.40. The van der Waals surface area contributed by atoms with Crippen molar-refractivity contribution in [1.82, 2.24) is 4.90 Å². The lowest BCUT2D eigenvalue weighted by Crippen LogP contribution is -3.05. The van der Waals surface area contributed by atoms with Crippen molar-refractivity contribution in [3.8, 4) is 11.5 Å². The molecule has 0 aliphatic carbocycles. The number of benzene rings is 2. The lowest BCUT2D eigenvalue weighted by molar-refractivity contribution is -0.858. The summed E-state index contributed by atoms with van der Waals surface area (Å²) in [5, 5.41) is 14.0. The first kappa shape index (κ1) is 23.6. The summed E-state index contributed by atoms with van der Waals surface area (Å²) in [6.45, 7) is 1.18. The molecular weight excluding hydrogens is 432 g/mol. The van der Waals surface area contributed by atoms with Gasteiger partial charge in [0.1, 0.15) is 0 Å². The van der Waals surface area contributed by atoms with Gasteiger partial charge in [0.2, 0.25) is 5.78 Å². The van der Waals surface area contributed by atoms with E-state index in [2.05, 4.69) is 0 Å². The molecule has 32 heavy (non-hydrogen) atoms. The molecule has 0 radical (unpaired) electrons. The summed E-state index contributed by atoms with van der Waals surface area (Å²) in [7, 11) is 7.00. The Kier molecular flexibility index (Phi) is 7.43. The Morgan fingerprint density at radius 1 is 1.09 bits per heavy atom. The van der Waals surface area contributed by atoms with Crippen molar-refractivity contribution in [3.05, 3.63) is 64.2 Å². The molecule has 2 aromatic rings. The molecule has 0 saturated carbocycles. The first-order chi connectivity index (χ1) is 15.3. The van der Waals surface area contributed by atoms with Crippen LogP contribution in [0.25, 0.3) is 5.76 Å². The average Bonchev–Trinajstić information content (AvgIpc) is 3.02. The molecule has 0 spiro atoms. The molecule has 8 heteroatoms. The average molecular weight is 459 g/mol. The van der Waals surface area contributed by atoms with Crippen LogP contribution in [0.15, 0.2) is 48.0 Å². The second kappa shape index (κ2) is 10.1. The molecule has 7 nitrogen and oxygen atoms in total. The standard InChI is InChI=1S/C24H27ClN2O5/c1-26(2)11-6-12-27-21(15-7-5-8-17(25)13-15)20(23(29)24(27)30)22(28)16-9-10-18(31-3)19(14-16)32-4/h5,7-10,13-14,21,28H,6,11-12H2,1-4H3. The summed E-state index contributed by atoms with van der Waals surface area (Å²) in [5.41, 5.74) is 0.782. The fraction of sp³-hybridized carbons (Fsp3) is 0.333. The van der Waals surface area contributed by atoms with Crippen LogP contribution in [-0.4, -0.2) is 58.0 Å². The summed E-state index contributed by atoms with van der Waals surface area (Å²) in [4.78, 5) is 28.7. The maximum atomic E-state index is 13.5. The van der Waals surface area contributed by atoms with Crippen LogP contribution in [0, 0.1) is 0 Å². The van der Waals surface area contributed by atoms with Gasteiger partial charge in [-0.3, -0.25) is 9.59 Å². The van der Waals surface area contributed by atoms with Crippen LogP contribution < -0.4 is 19.5 Å². The molecule has 1 N–H and O–H groups in total. The molecule has 1 saturated heterocycles. The number of quaternary nitrogens is 1. The molecule has 1 aliphatic heterocycles. The molecule has 0 bridgehead atoms. The van der Waals surface area contributed by atoms with Crippen LogP contribution in [0.5, 0.6) is 11.5 Å². The number of amides is 1.